The molecule has 2 aromatic rings. The normalized spacial score (nSPS) is 18.8. The van der Waals surface area contributed by atoms with Crippen LogP contribution >= 0.6 is 0 Å². The summed E-state index contributed by atoms with van der Waals surface area (Å²) < 4.78 is 0. The van der Waals surface area contributed by atoms with Crippen molar-refractivity contribution < 1.29 is 0 Å². The molecule has 1 saturated carbocycles. The van der Waals surface area contributed by atoms with Gasteiger partial charge in [0.2, 0.25) is 5.95 Å². The van der Waals surface area contributed by atoms with Crippen molar-refractivity contribution in [2.45, 2.75) is 58.4 Å². The van der Waals surface area contributed by atoms with Crippen LogP contribution in [0.1, 0.15) is 49.7 Å². The SMILES string of the molecule is Cc1cccc(N2CCN(c3nccc(NC4CCCCCC4)n3)CC2)c1C. The fourth-order valence-electron chi connectivity index (χ4n) is 4.44. The molecule has 1 aliphatic heterocycles. The van der Waals surface area contributed by atoms with Gasteiger partial charge in [-0.15, -0.1) is 0 Å². The van der Waals surface area contributed by atoms with Gasteiger partial charge in [-0.3, -0.25) is 0 Å². The van der Waals surface area contributed by atoms with Crippen molar-refractivity contribution in [3.05, 3.63) is 41.6 Å². The van der Waals surface area contributed by atoms with Gasteiger partial charge < -0.3 is 15.1 Å². The van der Waals surface area contributed by atoms with Crippen LogP contribution in [0.15, 0.2) is 30.5 Å². The topological polar surface area (TPSA) is 44.3 Å². The van der Waals surface area contributed by atoms with Gasteiger partial charge in [0.05, 0.1) is 0 Å². The lowest BCUT2D eigenvalue weighted by atomic mass is 10.1. The van der Waals surface area contributed by atoms with Gasteiger partial charge in [-0.25, -0.2) is 4.98 Å². The first-order valence-corrected chi connectivity index (χ1v) is 10.9. The fraction of sp³-hybridized carbons (Fsp3) is 0.565. The molecular weight excluding hydrogens is 346 g/mol. The summed E-state index contributed by atoms with van der Waals surface area (Å²) in [5.41, 5.74) is 4.12. The number of hydrogen-bond acceptors (Lipinski definition) is 5. The van der Waals surface area contributed by atoms with E-state index >= 15 is 0 Å². The van der Waals surface area contributed by atoms with Crippen molar-refractivity contribution in [2.75, 3.05) is 41.3 Å². The lowest BCUT2D eigenvalue weighted by Gasteiger charge is -2.37. The van der Waals surface area contributed by atoms with Gasteiger partial charge in [0.25, 0.3) is 0 Å². The van der Waals surface area contributed by atoms with Crippen molar-refractivity contribution in [3.63, 3.8) is 0 Å². The van der Waals surface area contributed by atoms with E-state index in [0.29, 0.717) is 6.04 Å². The number of nitrogens with zero attached hydrogens (tertiary/aromatic N) is 4. The summed E-state index contributed by atoms with van der Waals surface area (Å²) in [6, 6.07) is 9.17. The van der Waals surface area contributed by atoms with Gasteiger partial charge in [-0.1, -0.05) is 37.8 Å². The largest absolute Gasteiger partial charge is 0.368 e. The smallest absolute Gasteiger partial charge is 0.227 e. The van der Waals surface area contributed by atoms with Gasteiger partial charge in [0.1, 0.15) is 5.82 Å². The first-order chi connectivity index (χ1) is 13.7. The molecule has 2 fully saturated rings. The molecule has 5 heteroatoms. The minimum atomic E-state index is 0.561. The maximum atomic E-state index is 4.84. The van der Waals surface area contributed by atoms with Crippen LogP contribution in [0, 0.1) is 13.8 Å². The Labute approximate surface area is 169 Å². The molecule has 2 aliphatic rings. The zero-order chi connectivity index (χ0) is 19.3. The van der Waals surface area contributed by atoms with Crippen molar-refractivity contribution in [1.29, 1.82) is 0 Å². The summed E-state index contributed by atoms with van der Waals surface area (Å²) in [7, 11) is 0. The van der Waals surface area contributed by atoms with E-state index in [9.17, 15) is 0 Å². The third kappa shape index (κ3) is 4.40. The lowest BCUT2D eigenvalue weighted by molar-refractivity contribution is 0.615. The van der Waals surface area contributed by atoms with Crippen molar-refractivity contribution >= 4 is 17.5 Å². The number of nitrogens with one attached hydrogen (secondary N) is 1. The molecule has 1 saturated heterocycles. The first kappa shape index (κ1) is 19.0. The molecule has 1 aromatic heterocycles. The van der Waals surface area contributed by atoms with E-state index in [1.807, 2.05) is 12.3 Å². The van der Waals surface area contributed by atoms with Crippen LogP contribution in [0.3, 0.4) is 0 Å². The maximum Gasteiger partial charge on any atom is 0.227 e. The summed E-state index contributed by atoms with van der Waals surface area (Å²) in [5.74, 6) is 1.84. The van der Waals surface area contributed by atoms with Crippen LogP contribution in [0.5, 0.6) is 0 Å². The second-order valence-electron chi connectivity index (χ2n) is 8.27. The molecule has 1 N–H and O–H groups in total. The Bertz CT molecular complexity index is 774. The molecule has 28 heavy (non-hydrogen) atoms. The number of hydrogen-bond donors (Lipinski definition) is 1. The summed E-state index contributed by atoms with van der Waals surface area (Å²) in [5, 5.41) is 3.66. The number of aryl methyl sites for hydroxylation is 1. The summed E-state index contributed by atoms with van der Waals surface area (Å²) >= 11 is 0. The van der Waals surface area contributed by atoms with E-state index in [0.717, 1.165) is 37.9 Å². The Morgan fingerprint density at radius 1 is 0.893 bits per heavy atom. The van der Waals surface area contributed by atoms with Gasteiger partial charge in [0.15, 0.2) is 0 Å². The third-order valence-corrected chi connectivity index (χ3v) is 6.33. The molecule has 0 atom stereocenters. The lowest BCUT2D eigenvalue weighted by Crippen LogP contribution is -2.47. The molecule has 4 rings (SSSR count). The van der Waals surface area contributed by atoms with Crippen LogP contribution in [-0.2, 0) is 0 Å². The second-order valence-corrected chi connectivity index (χ2v) is 8.27. The van der Waals surface area contributed by atoms with Crippen molar-refractivity contribution in [1.82, 2.24) is 9.97 Å². The van der Waals surface area contributed by atoms with Gasteiger partial charge in [-0.05, 0) is 49.9 Å². The number of benzene rings is 1. The monoisotopic (exact) mass is 379 g/mol. The van der Waals surface area contributed by atoms with E-state index in [1.165, 1.54) is 55.3 Å². The Balaban J connectivity index is 1.38. The summed E-state index contributed by atoms with van der Waals surface area (Å²) in [6.07, 6.45) is 9.82. The number of piperazine rings is 1. The van der Waals surface area contributed by atoms with Crippen molar-refractivity contribution in [2.24, 2.45) is 0 Å². The Morgan fingerprint density at radius 2 is 1.61 bits per heavy atom. The van der Waals surface area contributed by atoms with Gasteiger partial charge in [-0.2, -0.15) is 4.98 Å². The molecule has 1 aliphatic carbocycles. The molecule has 0 bridgehead atoms. The quantitative estimate of drug-likeness (QED) is 0.789. The van der Waals surface area contributed by atoms with E-state index in [-0.39, 0.29) is 0 Å². The van der Waals surface area contributed by atoms with Gasteiger partial charge in [0, 0.05) is 44.1 Å². The summed E-state index contributed by atoms with van der Waals surface area (Å²) in [4.78, 5) is 14.2. The molecule has 2 heterocycles. The molecule has 0 radical (unpaired) electrons. The van der Waals surface area contributed by atoms with Gasteiger partial charge >= 0.3 is 0 Å². The molecule has 0 amide bonds. The molecule has 0 unspecified atom stereocenters. The Kier molecular flexibility index (Phi) is 5.98. The maximum absolute atomic E-state index is 4.84. The average Bonchev–Trinajstić information content (AvgIpc) is 2.99. The summed E-state index contributed by atoms with van der Waals surface area (Å²) in [6.45, 7) is 8.35. The third-order valence-electron chi connectivity index (χ3n) is 6.33. The van der Waals surface area contributed by atoms with E-state index in [1.54, 1.807) is 0 Å². The van der Waals surface area contributed by atoms with Crippen LogP contribution in [-0.4, -0.2) is 42.2 Å². The standard InChI is InChI=1S/C23H33N5/c1-18-8-7-11-21(19(18)2)27-14-16-28(17-15-27)23-24-13-12-22(26-23)25-20-9-5-3-4-6-10-20/h7-8,11-13,20H,3-6,9-10,14-17H2,1-2H3,(H,24,25,26). The fourth-order valence-corrected chi connectivity index (χ4v) is 4.44. The Morgan fingerprint density at radius 3 is 2.36 bits per heavy atom. The number of rotatable bonds is 4. The van der Waals surface area contributed by atoms with Crippen LogP contribution in [0.4, 0.5) is 17.5 Å². The zero-order valence-electron chi connectivity index (χ0n) is 17.3. The predicted molar refractivity (Wildman–Crippen MR) is 117 cm³/mol. The molecule has 150 valence electrons. The number of aromatic nitrogens is 2. The highest BCUT2D eigenvalue weighted by Gasteiger charge is 2.21. The minimum absolute atomic E-state index is 0.561. The van der Waals surface area contributed by atoms with Crippen LogP contribution < -0.4 is 15.1 Å². The highest BCUT2D eigenvalue weighted by Crippen LogP contribution is 2.25. The molecule has 1 aromatic carbocycles. The molecule has 0 spiro atoms. The highest BCUT2D eigenvalue weighted by molar-refractivity contribution is 5.57. The predicted octanol–water partition coefficient (Wildman–Crippen LogP) is 4.55. The number of anilines is 3. The Hall–Kier alpha value is -2.30. The highest BCUT2D eigenvalue weighted by atomic mass is 15.3. The van der Waals surface area contributed by atoms with E-state index < -0.39 is 0 Å². The molecule has 5 nitrogen and oxygen atoms in total. The van der Waals surface area contributed by atoms with Crippen molar-refractivity contribution in [3.8, 4) is 0 Å². The molecular formula is C23H33N5. The second kappa shape index (κ2) is 8.80. The zero-order valence-corrected chi connectivity index (χ0v) is 17.3. The van der Waals surface area contributed by atoms with Crippen LogP contribution in [0.25, 0.3) is 0 Å². The van der Waals surface area contributed by atoms with Crippen LogP contribution in [0.2, 0.25) is 0 Å². The van der Waals surface area contributed by atoms with E-state index in [2.05, 4.69) is 52.1 Å². The minimum Gasteiger partial charge on any atom is -0.368 e. The first-order valence-electron chi connectivity index (χ1n) is 10.9. The van der Waals surface area contributed by atoms with E-state index in [4.69, 9.17) is 4.98 Å². The average molecular weight is 380 g/mol.